The van der Waals surface area contributed by atoms with Gasteiger partial charge < -0.3 is 9.80 Å². The minimum atomic E-state index is 0.0530. The minimum Gasteiger partial charge on any atom is -0.352 e. The summed E-state index contributed by atoms with van der Waals surface area (Å²) in [5.41, 5.74) is 0.698. The Labute approximate surface area is 159 Å². The summed E-state index contributed by atoms with van der Waals surface area (Å²) in [4.78, 5) is 16.7. The van der Waals surface area contributed by atoms with Crippen LogP contribution in [0.3, 0.4) is 0 Å². The van der Waals surface area contributed by atoms with Crippen molar-refractivity contribution in [1.29, 1.82) is 0 Å². The number of hydrogen-bond acceptors (Lipinski definition) is 5. The van der Waals surface area contributed by atoms with Crippen LogP contribution in [0.25, 0.3) is 5.82 Å². The maximum Gasteiger partial charge on any atom is 0.255 e. The standard InChI is InChI=1S/C18H17BrN6O/c19-15-5-2-1-4-14(15)18(26)24-12-10-23(11-13-24)16-6-7-17(22-21-16)25-9-3-8-20-25/h1-9H,10-13H2. The first kappa shape index (κ1) is 16.7. The van der Waals surface area contributed by atoms with E-state index in [1.807, 2.05) is 53.6 Å². The molecule has 7 nitrogen and oxygen atoms in total. The Morgan fingerprint density at radius 1 is 0.923 bits per heavy atom. The van der Waals surface area contributed by atoms with E-state index in [0.717, 1.165) is 23.4 Å². The van der Waals surface area contributed by atoms with E-state index >= 15 is 0 Å². The number of nitrogens with zero attached hydrogens (tertiary/aromatic N) is 6. The van der Waals surface area contributed by atoms with Gasteiger partial charge in [0.15, 0.2) is 11.6 Å². The molecule has 132 valence electrons. The molecule has 0 aliphatic carbocycles. The van der Waals surface area contributed by atoms with Crippen LogP contribution in [0.5, 0.6) is 0 Å². The van der Waals surface area contributed by atoms with Gasteiger partial charge in [0.05, 0.1) is 5.56 Å². The van der Waals surface area contributed by atoms with Gasteiger partial charge in [0, 0.05) is 43.0 Å². The highest BCUT2D eigenvalue weighted by molar-refractivity contribution is 9.10. The van der Waals surface area contributed by atoms with Gasteiger partial charge in [-0.2, -0.15) is 5.10 Å². The van der Waals surface area contributed by atoms with Crippen molar-refractivity contribution in [2.75, 3.05) is 31.1 Å². The number of rotatable bonds is 3. The summed E-state index contributed by atoms with van der Waals surface area (Å²) in [6.45, 7) is 2.77. The first-order valence-electron chi connectivity index (χ1n) is 8.35. The summed E-state index contributed by atoms with van der Waals surface area (Å²) in [6, 6.07) is 13.2. The molecular formula is C18H17BrN6O. The zero-order valence-electron chi connectivity index (χ0n) is 14.0. The van der Waals surface area contributed by atoms with Crippen molar-refractivity contribution in [1.82, 2.24) is 24.9 Å². The average Bonchev–Trinajstić information content (AvgIpc) is 3.23. The Kier molecular flexibility index (Phi) is 4.66. The highest BCUT2D eigenvalue weighted by atomic mass is 79.9. The monoisotopic (exact) mass is 412 g/mol. The van der Waals surface area contributed by atoms with E-state index in [2.05, 4.69) is 36.1 Å². The van der Waals surface area contributed by atoms with Crippen LogP contribution in [0.15, 0.2) is 59.3 Å². The molecule has 4 rings (SSSR count). The van der Waals surface area contributed by atoms with E-state index in [1.165, 1.54) is 0 Å². The number of carbonyl (C=O) groups excluding carboxylic acids is 1. The third-order valence-corrected chi connectivity index (χ3v) is 5.06. The first-order valence-corrected chi connectivity index (χ1v) is 9.14. The van der Waals surface area contributed by atoms with Crippen molar-refractivity contribution in [2.24, 2.45) is 0 Å². The molecule has 1 amide bonds. The Balaban J connectivity index is 1.40. The third kappa shape index (κ3) is 3.32. The highest BCUT2D eigenvalue weighted by Crippen LogP contribution is 2.20. The molecule has 26 heavy (non-hydrogen) atoms. The van der Waals surface area contributed by atoms with E-state index in [-0.39, 0.29) is 5.91 Å². The second kappa shape index (κ2) is 7.25. The van der Waals surface area contributed by atoms with Crippen LogP contribution in [0.4, 0.5) is 5.82 Å². The minimum absolute atomic E-state index is 0.0530. The van der Waals surface area contributed by atoms with Gasteiger partial charge in [0.2, 0.25) is 0 Å². The van der Waals surface area contributed by atoms with Crippen LogP contribution < -0.4 is 4.90 Å². The number of piperazine rings is 1. The summed E-state index contributed by atoms with van der Waals surface area (Å²) < 4.78 is 2.50. The number of aromatic nitrogens is 4. The Morgan fingerprint density at radius 2 is 1.65 bits per heavy atom. The summed E-state index contributed by atoms with van der Waals surface area (Å²) in [7, 11) is 0. The van der Waals surface area contributed by atoms with E-state index in [4.69, 9.17) is 0 Å². The zero-order chi connectivity index (χ0) is 17.9. The van der Waals surface area contributed by atoms with Gasteiger partial charge >= 0.3 is 0 Å². The molecule has 3 heterocycles. The predicted octanol–water partition coefficient (Wildman–Crippen LogP) is 2.39. The lowest BCUT2D eigenvalue weighted by Crippen LogP contribution is -2.49. The van der Waals surface area contributed by atoms with Crippen molar-refractivity contribution >= 4 is 27.7 Å². The normalized spacial score (nSPS) is 14.5. The molecule has 0 spiro atoms. The topological polar surface area (TPSA) is 67.2 Å². The Hall–Kier alpha value is -2.74. The molecule has 3 aromatic rings. The van der Waals surface area contributed by atoms with Gasteiger partial charge in [-0.05, 0) is 46.3 Å². The molecule has 1 fully saturated rings. The summed E-state index contributed by atoms with van der Waals surface area (Å²) >= 11 is 3.45. The number of amides is 1. The van der Waals surface area contributed by atoms with Crippen LogP contribution in [0, 0.1) is 0 Å². The fraction of sp³-hybridized carbons (Fsp3) is 0.222. The number of halogens is 1. The SMILES string of the molecule is O=C(c1ccccc1Br)N1CCN(c2ccc(-n3cccn3)nn2)CC1. The molecule has 0 atom stereocenters. The van der Waals surface area contributed by atoms with Gasteiger partial charge in [-0.25, -0.2) is 4.68 Å². The van der Waals surface area contributed by atoms with E-state index in [9.17, 15) is 4.79 Å². The number of carbonyl (C=O) groups is 1. The fourth-order valence-electron chi connectivity index (χ4n) is 2.96. The summed E-state index contributed by atoms with van der Waals surface area (Å²) in [5, 5.41) is 12.7. The van der Waals surface area contributed by atoms with Crippen LogP contribution in [0.2, 0.25) is 0 Å². The molecule has 0 bridgehead atoms. The van der Waals surface area contributed by atoms with Gasteiger partial charge in [-0.15, -0.1) is 10.2 Å². The van der Waals surface area contributed by atoms with E-state index in [0.29, 0.717) is 24.5 Å². The smallest absolute Gasteiger partial charge is 0.255 e. The van der Waals surface area contributed by atoms with Gasteiger partial charge in [0.25, 0.3) is 5.91 Å². The quantitative estimate of drug-likeness (QED) is 0.660. The lowest BCUT2D eigenvalue weighted by atomic mass is 10.2. The first-order chi connectivity index (χ1) is 12.7. The number of hydrogen-bond donors (Lipinski definition) is 0. The Bertz CT molecular complexity index is 888. The molecule has 0 radical (unpaired) electrons. The lowest BCUT2D eigenvalue weighted by Gasteiger charge is -2.35. The molecule has 0 N–H and O–H groups in total. The molecule has 1 aliphatic heterocycles. The largest absolute Gasteiger partial charge is 0.352 e. The van der Waals surface area contributed by atoms with Gasteiger partial charge in [0.1, 0.15) is 0 Å². The molecule has 0 unspecified atom stereocenters. The number of benzene rings is 1. The van der Waals surface area contributed by atoms with E-state index in [1.54, 1.807) is 10.9 Å². The zero-order valence-corrected chi connectivity index (χ0v) is 15.6. The summed E-state index contributed by atoms with van der Waals surface area (Å²) in [5.74, 6) is 1.55. The van der Waals surface area contributed by atoms with Gasteiger partial charge in [-0.3, -0.25) is 4.79 Å². The molecule has 1 aromatic carbocycles. The molecular weight excluding hydrogens is 396 g/mol. The second-order valence-electron chi connectivity index (χ2n) is 5.96. The van der Waals surface area contributed by atoms with Crippen LogP contribution >= 0.6 is 15.9 Å². The molecule has 1 saturated heterocycles. The second-order valence-corrected chi connectivity index (χ2v) is 6.81. The lowest BCUT2D eigenvalue weighted by molar-refractivity contribution is 0.0745. The van der Waals surface area contributed by atoms with Crippen LogP contribution in [-0.2, 0) is 0 Å². The van der Waals surface area contributed by atoms with Crippen molar-refractivity contribution in [3.8, 4) is 5.82 Å². The van der Waals surface area contributed by atoms with E-state index < -0.39 is 0 Å². The van der Waals surface area contributed by atoms with Crippen molar-refractivity contribution in [2.45, 2.75) is 0 Å². The Morgan fingerprint density at radius 3 is 2.31 bits per heavy atom. The fourth-order valence-corrected chi connectivity index (χ4v) is 3.41. The maximum atomic E-state index is 12.7. The summed E-state index contributed by atoms with van der Waals surface area (Å²) in [6.07, 6.45) is 3.53. The van der Waals surface area contributed by atoms with Crippen LogP contribution in [-0.4, -0.2) is 57.0 Å². The molecule has 8 heteroatoms. The third-order valence-electron chi connectivity index (χ3n) is 4.37. The van der Waals surface area contributed by atoms with Crippen molar-refractivity contribution in [3.05, 3.63) is 64.9 Å². The predicted molar refractivity (Wildman–Crippen MR) is 101 cm³/mol. The maximum absolute atomic E-state index is 12.7. The van der Waals surface area contributed by atoms with Gasteiger partial charge in [-0.1, -0.05) is 12.1 Å². The van der Waals surface area contributed by atoms with Crippen molar-refractivity contribution < 1.29 is 4.79 Å². The highest BCUT2D eigenvalue weighted by Gasteiger charge is 2.24. The number of anilines is 1. The molecule has 1 aliphatic rings. The molecule has 0 saturated carbocycles. The van der Waals surface area contributed by atoms with Crippen LogP contribution in [0.1, 0.15) is 10.4 Å². The average molecular weight is 413 g/mol. The van der Waals surface area contributed by atoms with Crippen molar-refractivity contribution in [3.63, 3.8) is 0 Å². The molecule has 2 aromatic heterocycles.